The topological polar surface area (TPSA) is 81.0 Å². The van der Waals surface area contributed by atoms with Crippen LogP contribution in [0.1, 0.15) is 36.4 Å². The lowest BCUT2D eigenvalue weighted by atomic mass is 10.0. The second-order valence-corrected chi connectivity index (χ2v) is 7.23. The van der Waals surface area contributed by atoms with E-state index in [1.54, 1.807) is 12.1 Å². The smallest absolute Gasteiger partial charge is 0.323 e. The summed E-state index contributed by atoms with van der Waals surface area (Å²) in [5.41, 5.74) is 2.89. The molecule has 2 aromatic carbocycles. The first-order chi connectivity index (χ1) is 13.6. The first-order valence-electron chi connectivity index (χ1n) is 9.58. The molecule has 1 saturated heterocycles. The molecule has 6 nitrogen and oxygen atoms in total. The van der Waals surface area contributed by atoms with E-state index in [-0.39, 0.29) is 17.4 Å². The lowest BCUT2D eigenvalue weighted by Gasteiger charge is -2.34. The van der Waals surface area contributed by atoms with Crippen molar-refractivity contribution in [3.63, 3.8) is 0 Å². The molecule has 3 aromatic rings. The molecule has 3 N–H and O–H groups in total. The number of carbonyl (C=O) groups is 1. The highest BCUT2D eigenvalue weighted by molar-refractivity contribution is 5.83. The number of halogens is 1. The minimum absolute atomic E-state index is 0.101. The normalized spacial score (nSPS) is 16.2. The molecule has 1 unspecified atom stereocenters. The van der Waals surface area contributed by atoms with Gasteiger partial charge >= 0.3 is 5.69 Å². The number of benzene rings is 2. The fourth-order valence-electron chi connectivity index (χ4n) is 3.83. The largest absolute Gasteiger partial charge is 0.350 e. The molecule has 0 bridgehead atoms. The van der Waals surface area contributed by atoms with Crippen LogP contribution in [0.5, 0.6) is 0 Å². The Balaban J connectivity index is 1.52. The van der Waals surface area contributed by atoms with Crippen LogP contribution in [0.3, 0.4) is 0 Å². The molecular formula is C21H23FN4O2. The Kier molecular flexibility index (Phi) is 5.25. The van der Waals surface area contributed by atoms with Gasteiger partial charge in [-0.15, -0.1) is 0 Å². The summed E-state index contributed by atoms with van der Waals surface area (Å²) in [5, 5.41) is 3.00. The van der Waals surface area contributed by atoms with Crippen molar-refractivity contribution in [1.29, 1.82) is 0 Å². The van der Waals surface area contributed by atoms with Crippen molar-refractivity contribution >= 4 is 16.9 Å². The number of aromatic amines is 2. The molecule has 1 aliphatic heterocycles. The van der Waals surface area contributed by atoms with Crippen LogP contribution in [0.25, 0.3) is 11.0 Å². The van der Waals surface area contributed by atoms with Crippen LogP contribution in [0.15, 0.2) is 47.3 Å². The standard InChI is InChI=1S/C21H23FN4O2/c22-16-7-5-15(6-8-16)19(26-10-2-1-3-11-26)20(27)23-13-14-4-9-17-18(12-14)25-21(28)24-17/h4-9,12,19H,1-3,10-11,13H2,(H,23,27)(H2,24,25,28). The molecule has 0 spiro atoms. The van der Waals surface area contributed by atoms with Gasteiger partial charge in [-0.3, -0.25) is 9.69 Å². The number of hydrogen-bond acceptors (Lipinski definition) is 3. The van der Waals surface area contributed by atoms with Crippen LogP contribution < -0.4 is 11.0 Å². The van der Waals surface area contributed by atoms with Crippen LogP contribution in [-0.4, -0.2) is 33.9 Å². The summed E-state index contributed by atoms with van der Waals surface area (Å²) < 4.78 is 13.4. The van der Waals surface area contributed by atoms with Crippen molar-refractivity contribution in [2.45, 2.75) is 31.8 Å². The minimum atomic E-state index is -0.434. The third kappa shape index (κ3) is 3.99. The van der Waals surface area contributed by atoms with E-state index in [4.69, 9.17) is 0 Å². The van der Waals surface area contributed by atoms with Crippen LogP contribution in [0.2, 0.25) is 0 Å². The predicted molar refractivity (Wildman–Crippen MR) is 105 cm³/mol. The molecule has 1 aromatic heterocycles. The molecule has 146 valence electrons. The van der Waals surface area contributed by atoms with Gasteiger partial charge < -0.3 is 15.3 Å². The molecule has 0 saturated carbocycles. The summed E-state index contributed by atoms with van der Waals surface area (Å²) in [7, 11) is 0. The van der Waals surface area contributed by atoms with Gasteiger partial charge in [0.2, 0.25) is 5.91 Å². The number of piperidine rings is 1. The molecule has 28 heavy (non-hydrogen) atoms. The van der Waals surface area contributed by atoms with Crippen molar-refractivity contribution < 1.29 is 9.18 Å². The third-order valence-corrected chi connectivity index (χ3v) is 5.24. The van der Waals surface area contributed by atoms with E-state index in [0.717, 1.165) is 42.6 Å². The molecule has 4 rings (SSSR count). The maximum Gasteiger partial charge on any atom is 0.323 e. The Morgan fingerprint density at radius 2 is 1.75 bits per heavy atom. The van der Waals surface area contributed by atoms with Gasteiger partial charge in [0.05, 0.1) is 11.0 Å². The zero-order chi connectivity index (χ0) is 19.5. The number of hydrogen-bond donors (Lipinski definition) is 3. The average Bonchev–Trinajstić information content (AvgIpc) is 3.08. The lowest BCUT2D eigenvalue weighted by molar-refractivity contribution is -0.127. The van der Waals surface area contributed by atoms with E-state index in [0.29, 0.717) is 12.1 Å². The monoisotopic (exact) mass is 382 g/mol. The highest BCUT2D eigenvalue weighted by Gasteiger charge is 2.28. The maximum atomic E-state index is 13.4. The van der Waals surface area contributed by atoms with Gasteiger partial charge in [0.25, 0.3) is 0 Å². The van der Waals surface area contributed by atoms with E-state index in [1.807, 2.05) is 18.2 Å². The average molecular weight is 382 g/mol. The summed E-state index contributed by atoms with van der Waals surface area (Å²) in [6, 6.07) is 11.3. The number of rotatable bonds is 5. The molecule has 0 aliphatic carbocycles. The molecule has 0 radical (unpaired) electrons. The predicted octanol–water partition coefficient (Wildman–Crippen LogP) is 2.84. The fourth-order valence-corrected chi connectivity index (χ4v) is 3.83. The van der Waals surface area contributed by atoms with E-state index >= 15 is 0 Å². The Morgan fingerprint density at radius 1 is 1.04 bits per heavy atom. The van der Waals surface area contributed by atoms with Crippen molar-refractivity contribution in [3.8, 4) is 0 Å². The molecule has 7 heteroatoms. The maximum absolute atomic E-state index is 13.4. The highest BCUT2D eigenvalue weighted by Crippen LogP contribution is 2.25. The number of amides is 1. The third-order valence-electron chi connectivity index (χ3n) is 5.24. The SMILES string of the molecule is O=C(NCc1ccc2[nH]c(=O)[nH]c2c1)C(c1ccc(F)cc1)N1CCCCC1. The van der Waals surface area contributed by atoms with E-state index in [2.05, 4.69) is 20.2 Å². The first kappa shape index (κ1) is 18.4. The summed E-state index contributed by atoms with van der Waals surface area (Å²) in [5.74, 6) is -0.411. The number of carbonyl (C=O) groups excluding carboxylic acids is 1. The summed E-state index contributed by atoms with van der Waals surface area (Å²) in [4.78, 5) is 32.0. The second-order valence-electron chi connectivity index (χ2n) is 7.23. The summed E-state index contributed by atoms with van der Waals surface area (Å²) in [6.45, 7) is 2.06. The van der Waals surface area contributed by atoms with Crippen LogP contribution >= 0.6 is 0 Å². The number of aromatic nitrogens is 2. The van der Waals surface area contributed by atoms with Crippen molar-refractivity contribution in [2.75, 3.05) is 13.1 Å². The summed E-state index contributed by atoms with van der Waals surface area (Å²) >= 11 is 0. The molecular weight excluding hydrogens is 359 g/mol. The fraction of sp³-hybridized carbons (Fsp3) is 0.333. The highest BCUT2D eigenvalue weighted by atomic mass is 19.1. The zero-order valence-corrected chi connectivity index (χ0v) is 15.5. The summed E-state index contributed by atoms with van der Waals surface area (Å²) in [6.07, 6.45) is 3.29. The molecule has 1 fully saturated rings. The second kappa shape index (κ2) is 7.98. The Labute approximate surface area is 161 Å². The Hall–Kier alpha value is -2.93. The van der Waals surface area contributed by atoms with Gasteiger partial charge in [-0.25, -0.2) is 9.18 Å². The van der Waals surface area contributed by atoms with Gasteiger partial charge in [0.15, 0.2) is 0 Å². The van der Waals surface area contributed by atoms with Crippen molar-refractivity contribution in [2.24, 2.45) is 0 Å². The van der Waals surface area contributed by atoms with Gasteiger partial charge in [-0.1, -0.05) is 24.6 Å². The Bertz CT molecular complexity index is 1020. The number of fused-ring (bicyclic) bond motifs is 1. The van der Waals surface area contributed by atoms with Crippen LogP contribution in [0, 0.1) is 5.82 Å². The number of likely N-dealkylation sites (tertiary alicyclic amines) is 1. The van der Waals surface area contributed by atoms with E-state index in [1.165, 1.54) is 18.6 Å². The lowest BCUT2D eigenvalue weighted by Crippen LogP contribution is -2.42. The van der Waals surface area contributed by atoms with Gasteiger partial charge in [0.1, 0.15) is 11.9 Å². The van der Waals surface area contributed by atoms with Crippen LogP contribution in [-0.2, 0) is 11.3 Å². The molecule has 1 aliphatic rings. The molecule has 1 atom stereocenters. The zero-order valence-electron chi connectivity index (χ0n) is 15.5. The van der Waals surface area contributed by atoms with E-state index in [9.17, 15) is 14.0 Å². The quantitative estimate of drug-likeness (QED) is 0.635. The van der Waals surface area contributed by atoms with E-state index < -0.39 is 6.04 Å². The van der Waals surface area contributed by atoms with Crippen LogP contribution in [0.4, 0.5) is 4.39 Å². The minimum Gasteiger partial charge on any atom is -0.350 e. The van der Waals surface area contributed by atoms with Gasteiger partial charge in [-0.2, -0.15) is 0 Å². The van der Waals surface area contributed by atoms with Crippen molar-refractivity contribution in [3.05, 3.63) is 69.9 Å². The molecule has 2 heterocycles. The molecule has 1 amide bonds. The number of imidazole rings is 1. The van der Waals surface area contributed by atoms with Crippen molar-refractivity contribution in [1.82, 2.24) is 20.2 Å². The number of nitrogens with zero attached hydrogens (tertiary/aromatic N) is 1. The number of nitrogens with one attached hydrogen (secondary N) is 3. The Morgan fingerprint density at radius 3 is 2.50 bits per heavy atom. The van der Waals surface area contributed by atoms with Gasteiger partial charge in [0, 0.05) is 6.54 Å². The number of H-pyrrole nitrogens is 2. The first-order valence-corrected chi connectivity index (χ1v) is 9.58. The van der Waals surface area contributed by atoms with Gasteiger partial charge in [-0.05, 0) is 61.3 Å².